The molecule has 1 atom stereocenters. The molecule has 1 heterocycles. The fourth-order valence-electron chi connectivity index (χ4n) is 4.59. The van der Waals surface area contributed by atoms with Crippen LogP contribution in [-0.4, -0.2) is 41.6 Å². The van der Waals surface area contributed by atoms with Crippen molar-refractivity contribution in [1.82, 2.24) is 9.88 Å². The van der Waals surface area contributed by atoms with Gasteiger partial charge in [-0.3, -0.25) is 0 Å². The number of benzene rings is 2. The molecule has 0 amide bonds. The summed E-state index contributed by atoms with van der Waals surface area (Å²) in [6.07, 6.45) is 3.59. The molecule has 1 unspecified atom stereocenters. The topological polar surface area (TPSA) is 45.3 Å². The first kappa shape index (κ1) is 20.7. The van der Waals surface area contributed by atoms with Crippen LogP contribution in [0.15, 0.2) is 42.5 Å². The Morgan fingerprint density at radius 1 is 1.13 bits per heavy atom. The van der Waals surface area contributed by atoms with Crippen molar-refractivity contribution in [2.45, 2.75) is 52.6 Å². The van der Waals surface area contributed by atoms with Crippen molar-refractivity contribution in [3.63, 3.8) is 0 Å². The molecule has 0 spiro atoms. The number of H-pyrrole nitrogens is 1. The van der Waals surface area contributed by atoms with Crippen molar-refractivity contribution in [2.75, 3.05) is 19.6 Å². The van der Waals surface area contributed by atoms with E-state index in [2.05, 4.69) is 66.2 Å². The Bertz CT molecular complexity index is 1030. The molecule has 4 rings (SSSR count). The van der Waals surface area contributed by atoms with Crippen LogP contribution in [0.2, 0.25) is 0 Å². The van der Waals surface area contributed by atoms with Gasteiger partial charge in [-0.1, -0.05) is 44.2 Å². The van der Waals surface area contributed by atoms with Gasteiger partial charge in [0.2, 0.25) is 0 Å². The van der Waals surface area contributed by atoms with Gasteiger partial charge in [0.25, 0.3) is 0 Å². The largest absolute Gasteiger partial charge is 0.458 e. The standard InChI is InChI=1S/C26H32N2O2/c1-4-28(5-2)15-14-19-10-13-24-23(16-19)25(18(3)27-24)26(29)30-22-12-11-20-8-6-7-9-21(20)17-22/h6-10,13,16,22,27H,4-5,11-12,14-15,17H2,1-3H3. The molecule has 0 saturated carbocycles. The minimum atomic E-state index is -0.205. The molecule has 30 heavy (non-hydrogen) atoms. The quantitative estimate of drug-likeness (QED) is 0.559. The van der Waals surface area contributed by atoms with Gasteiger partial charge in [0.1, 0.15) is 6.10 Å². The van der Waals surface area contributed by atoms with E-state index in [9.17, 15) is 4.79 Å². The van der Waals surface area contributed by atoms with E-state index >= 15 is 0 Å². The van der Waals surface area contributed by atoms with E-state index < -0.39 is 0 Å². The van der Waals surface area contributed by atoms with E-state index in [4.69, 9.17) is 4.74 Å². The maximum Gasteiger partial charge on any atom is 0.340 e. The van der Waals surface area contributed by atoms with Gasteiger partial charge in [0, 0.05) is 29.6 Å². The van der Waals surface area contributed by atoms with Crippen LogP contribution in [0, 0.1) is 6.92 Å². The van der Waals surface area contributed by atoms with E-state index in [0.717, 1.165) is 61.9 Å². The molecule has 1 aliphatic carbocycles. The van der Waals surface area contributed by atoms with Crippen LogP contribution in [0.25, 0.3) is 10.9 Å². The molecule has 4 heteroatoms. The third-order valence-corrected chi connectivity index (χ3v) is 6.44. The van der Waals surface area contributed by atoms with Gasteiger partial charge in [0.15, 0.2) is 0 Å². The Kier molecular flexibility index (Phi) is 6.24. The molecule has 0 bridgehead atoms. The maximum atomic E-state index is 13.1. The zero-order valence-electron chi connectivity index (χ0n) is 18.3. The smallest absolute Gasteiger partial charge is 0.340 e. The summed E-state index contributed by atoms with van der Waals surface area (Å²) >= 11 is 0. The van der Waals surface area contributed by atoms with Crippen LogP contribution in [-0.2, 0) is 24.0 Å². The van der Waals surface area contributed by atoms with Crippen LogP contribution in [0.1, 0.15) is 53.0 Å². The fraction of sp³-hybridized carbons (Fsp3) is 0.423. The number of carbonyl (C=O) groups is 1. The Morgan fingerprint density at radius 2 is 1.90 bits per heavy atom. The second-order valence-corrected chi connectivity index (χ2v) is 8.32. The van der Waals surface area contributed by atoms with Gasteiger partial charge < -0.3 is 14.6 Å². The third kappa shape index (κ3) is 4.29. The van der Waals surface area contributed by atoms with Gasteiger partial charge >= 0.3 is 5.97 Å². The van der Waals surface area contributed by atoms with Gasteiger partial charge in [-0.2, -0.15) is 0 Å². The van der Waals surface area contributed by atoms with Gasteiger partial charge in [-0.15, -0.1) is 0 Å². The average Bonchev–Trinajstić information content (AvgIpc) is 3.09. The molecule has 4 nitrogen and oxygen atoms in total. The minimum absolute atomic E-state index is 0.0531. The number of carbonyl (C=O) groups excluding carboxylic acids is 1. The predicted octanol–water partition coefficient (Wildman–Crippen LogP) is 5.07. The molecule has 0 fully saturated rings. The number of aryl methyl sites for hydroxylation is 2. The molecule has 1 N–H and O–H groups in total. The first-order valence-corrected chi connectivity index (χ1v) is 11.2. The van der Waals surface area contributed by atoms with Crippen molar-refractivity contribution in [3.05, 3.63) is 70.4 Å². The highest BCUT2D eigenvalue weighted by Gasteiger charge is 2.25. The van der Waals surface area contributed by atoms with Crippen molar-refractivity contribution in [2.24, 2.45) is 0 Å². The molecule has 2 aromatic carbocycles. The Hall–Kier alpha value is -2.59. The predicted molar refractivity (Wildman–Crippen MR) is 122 cm³/mol. The summed E-state index contributed by atoms with van der Waals surface area (Å²) in [5, 5.41) is 0.978. The third-order valence-electron chi connectivity index (χ3n) is 6.44. The van der Waals surface area contributed by atoms with Crippen molar-refractivity contribution >= 4 is 16.9 Å². The Balaban J connectivity index is 1.52. The molecule has 0 saturated heterocycles. The fourth-order valence-corrected chi connectivity index (χ4v) is 4.59. The molecular formula is C26H32N2O2. The lowest BCUT2D eigenvalue weighted by Gasteiger charge is -2.24. The number of aromatic amines is 1. The van der Waals surface area contributed by atoms with Gasteiger partial charge in [0.05, 0.1) is 5.56 Å². The highest BCUT2D eigenvalue weighted by Crippen LogP contribution is 2.28. The second kappa shape index (κ2) is 9.05. The normalized spacial score (nSPS) is 16.1. The summed E-state index contributed by atoms with van der Waals surface area (Å²) in [5.41, 5.74) is 6.51. The first-order chi connectivity index (χ1) is 14.6. The summed E-state index contributed by atoms with van der Waals surface area (Å²) in [7, 11) is 0. The monoisotopic (exact) mass is 404 g/mol. The van der Waals surface area contributed by atoms with Gasteiger partial charge in [-0.25, -0.2) is 4.79 Å². The number of fused-ring (bicyclic) bond motifs is 2. The number of hydrogen-bond acceptors (Lipinski definition) is 3. The number of nitrogens with zero attached hydrogens (tertiary/aromatic N) is 1. The second-order valence-electron chi connectivity index (χ2n) is 8.32. The summed E-state index contributed by atoms with van der Waals surface area (Å²) < 4.78 is 5.99. The van der Waals surface area contributed by atoms with Crippen LogP contribution in [0.3, 0.4) is 0 Å². The maximum absolute atomic E-state index is 13.1. The lowest BCUT2D eigenvalue weighted by atomic mass is 9.90. The molecule has 0 aliphatic heterocycles. The zero-order chi connectivity index (χ0) is 21.1. The van der Waals surface area contributed by atoms with Gasteiger partial charge in [-0.05, 0) is 68.1 Å². The summed E-state index contributed by atoms with van der Waals surface area (Å²) in [4.78, 5) is 18.9. The molecule has 0 radical (unpaired) electrons. The summed E-state index contributed by atoms with van der Waals surface area (Å²) in [5.74, 6) is -0.205. The number of likely N-dealkylation sites (N-methyl/N-ethyl adjacent to an activating group) is 1. The van der Waals surface area contributed by atoms with E-state index in [-0.39, 0.29) is 12.1 Å². The molecule has 1 aromatic heterocycles. The zero-order valence-corrected chi connectivity index (χ0v) is 18.3. The molecule has 1 aliphatic rings. The number of ether oxygens (including phenoxy) is 1. The first-order valence-electron chi connectivity index (χ1n) is 11.2. The van der Waals surface area contributed by atoms with E-state index in [0.29, 0.717) is 5.56 Å². The minimum Gasteiger partial charge on any atom is -0.458 e. The SMILES string of the molecule is CCN(CC)CCc1ccc2[nH]c(C)c(C(=O)OC3CCc4ccccc4C3)c2c1. The Morgan fingerprint density at radius 3 is 2.67 bits per heavy atom. The van der Waals surface area contributed by atoms with Crippen LogP contribution in [0.5, 0.6) is 0 Å². The van der Waals surface area contributed by atoms with E-state index in [1.807, 2.05) is 6.92 Å². The lowest BCUT2D eigenvalue weighted by Crippen LogP contribution is -2.25. The molecule has 3 aromatic rings. The highest BCUT2D eigenvalue weighted by atomic mass is 16.5. The van der Waals surface area contributed by atoms with Crippen LogP contribution in [0.4, 0.5) is 0 Å². The van der Waals surface area contributed by atoms with Crippen molar-refractivity contribution < 1.29 is 9.53 Å². The van der Waals surface area contributed by atoms with E-state index in [1.165, 1.54) is 16.7 Å². The number of aromatic nitrogens is 1. The summed E-state index contributed by atoms with van der Waals surface area (Å²) in [6.45, 7) is 9.50. The number of hydrogen-bond donors (Lipinski definition) is 1. The lowest BCUT2D eigenvalue weighted by molar-refractivity contribution is 0.0272. The number of nitrogens with one attached hydrogen (secondary N) is 1. The Labute approximate surface area is 179 Å². The molecule has 158 valence electrons. The summed E-state index contributed by atoms with van der Waals surface area (Å²) in [6, 6.07) is 14.9. The van der Waals surface area contributed by atoms with Crippen LogP contribution >= 0.6 is 0 Å². The van der Waals surface area contributed by atoms with Crippen LogP contribution < -0.4 is 0 Å². The average molecular weight is 405 g/mol. The highest BCUT2D eigenvalue weighted by molar-refractivity contribution is 6.05. The number of rotatable bonds is 7. The van der Waals surface area contributed by atoms with Crippen molar-refractivity contribution in [1.29, 1.82) is 0 Å². The van der Waals surface area contributed by atoms with Crippen molar-refractivity contribution in [3.8, 4) is 0 Å². The van der Waals surface area contributed by atoms with E-state index in [1.54, 1.807) is 0 Å². The molecular weight excluding hydrogens is 372 g/mol. The number of esters is 1.